The lowest BCUT2D eigenvalue weighted by atomic mass is 10.0. The van der Waals surface area contributed by atoms with Crippen LogP contribution in [-0.4, -0.2) is 56.3 Å². The normalized spacial score (nSPS) is 18.8. The monoisotopic (exact) mass is 408 g/mol. The summed E-state index contributed by atoms with van der Waals surface area (Å²) in [7, 11) is 0. The number of anilines is 1. The fourth-order valence-corrected chi connectivity index (χ4v) is 4.16. The zero-order valence-electron chi connectivity index (χ0n) is 18.1. The van der Waals surface area contributed by atoms with Gasteiger partial charge < -0.3 is 4.90 Å². The molecule has 0 saturated carbocycles. The minimum absolute atomic E-state index is 0.0503. The van der Waals surface area contributed by atoms with Gasteiger partial charge in [0.15, 0.2) is 0 Å². The smallest absolute Gasteiger partial charge is 0.274 e. The van der Waals surface area contributed by atoms with Gasteiger partial charge in [-0.2, -0.15) is 0 Å². The molecular weight excluding hydrogens is 380 g/mol. The van der Waals surface area contributed by atoms with Crippen molar-refractivity contribution in [3.8, 4) is 0 Å². The van der Waals surface area contributed by atoms with Gasteiger partial charge in [0.2, 0.25) is 5.91 Å². The molecule has 2 amide bonds. The molecule has 1 fully saturated rings. The molecule has 4 heterocycles. The highest BCUT2D eigenvalue weighted by molar-refractivity contribution is 5.95. The number of hydrogen-bond acceptors (Lipinski definition) is 6. The number of nitrogens with zero attached hydrogens (tertiary/aromatic N) is 6. The largest absolute Gasteiger partial charge is 0.337 e. The van der Waals surface area contributed by atoms with Crippen molar-refractivity contribution in [2.24, 2.45) is 5.92 Å². The summed E-state index contributed by atoms with van der Waals surface area (Å²) in [4.78, 5) is 47.0. The molecule has 1 saturated heterocycles. The SMILES string of the molecule is Cc1cnc(C(=O)N2CC[C@H](c3nc(C)c4c(n3)N(CC(C)C)C(=O)CC4)C2)cn1. The van der Waals surface area contributed by atoms with Crippen molar-refractivity contribution in [3.63, 3.8) is 0 Å². The number of carbonyl (C=O) groups is 2. The van der Waals surface area contributed by atoms with Crippen LogP contribution in [0.25, 0.3) is 0 Å². The topological polar surface area (TPSA) is 92.2 Å². The van der Waals surface area contributed by atoms with Gasteiger partial charge in [-0.15, -0.1) is 0 Å². The van der Waals surface area contributed by atoms with E-state index in [1.165, 1.54) is 6.20 Å². The minimum Gasteiger partial charge on any atom is -0.337 e. The second-order valence-corrected chi connectivity index (χ2v) is 8.65. The number of fused-ring (bicyclic) bond motifs is 1. The van der Waals surface area contributed by atoms with Crippen LogP contribution in [0.3, 0.4) is 0 Å². The first kappa shape index (κ1) is 20.4. The molecule has 2 aliphatic rings. The van der Waals surface area contributed by atoms with Crippen molar-refractivity contribution in [2.45, 2.75) is 52.9 Å². The van der Waals surface area contributed by atoms with Crippen LogP contribution in [0.5, 0.6) is 0 Å². The fourth-order valence-electron chi connectivity index (χ4n) is 4.16. The van der Waals surface area contributed by atoms with Gasteiger partial charge in [0.1, 0.15) is 17.3 Å². The molecule has 0 aromatic carbocycles. The van der Waals surface area contributed by atoms with Crippen LogP contribution in [0.2, 0.25) is 0 Å². The lowest BCUT2D eigenvalue weighted by Crippen LogP contribution is -2.39. The second-order valence-electron chi connectivity index (χ2n) is 8.65. The average Bonchev–Trinajstić information content (AvgIpc) is 3.20. The number of hydrogen-bond donors (Lipinski definition) is 0. The fraction of sp³-hybridized carbons (Fsp3) is 0.545. The van der Waals surface area contributed by atoms with Gasteiger partial charge in [-0.25, -0.2) is 15.0 Å². The standard InChI is InChI=1S/C22H28N6O2/c1-13(2)11-28-19(29)6-5-17-15(4)25-20(26-21(17)28)16-7-8-27(12-16)22(30)18-10-23-14(3)9-24-18/h9-10,13,16H,5-8,11-12H2,1-4H3/t16-/m0/s1. The van der Waals surface area contributed by atoms with Crippen LogP contribution in [-0.2, 0) is 11.2 Å². The minimum atomic E-state index is -0.115. The Bertz CT molecular complexity index is 972. The molecule has 0 bridgehead atoms. The zero-order valence-corrected chi connectivity index (χ0v) is 18.1. The van der Waals surface area contributed by atoms with Crippen molar-refractivity contribution >= 4 is 17.6 Å². The average molecular weight is 409 g/mol. The molecule has 30 heavy (non-hydrogen) atoms. The lowest BCUT2D eigenvalue weighted by Gasteiger charge is -2.31. The van der Waals surface area contributed by atoms with Crippen LogP contribution in [0.4, 0.5) is 5.82 Å². The molecule has 0 aliphatic carbocycles. The van der Waals surface area contributed by atoms with E-state index in [-0.39, 0.29) is 17.7 Å². The Morgan fingerprint density at radius 2 is 1.97 bits per heavy atom. The van der Waals surface area contributed by atoms with E-state index in [0.29, 0.717) is 44.1 Å². The van der Waals surface area contributed by atoms with E-state index in [2.05, 4.69) is 23.8 Å². The summed E-state index contributed by atoms with van der Waals surface area (Å²) in [5.74, 6) is 1.90. The molecule has 0 unspecified atom stereocenters. The number of amides is 2. The van der Waals surface area contributed by atoms with E-state index in [4.69, 9.17) is 9.97 Å². The van der Waals surface area contributed by atoms with Gasteiger partial charge in [-0.3, -0.25) is 19.5 Å². The molecule has 2 aromatic rings. The lowest BCUT2D eigenvalue weighted by molar-refractivity contribution is -0.119. The van der Waals surface area contributed by atoms with Gasteiger partial charge in [0.05, 0.1) is 11.9 Å². The van der Waals surface area contributed by atoms with E-state index in [1.807, 2.05) is 18.7 Å². The highest BCUT2D eigenvalue weighted by atomic mass is 16.2. The number of likely N-dealkylation sites (tertiary alicyclic amines) is 1. The third-order valence-corrected chi connectivity index (χ3v) is 5.74. The number of aryl methyl sites for hydroxylation is 2. The second kappa shape index (κ2) is 8.08. The Kier molecular flexibility index (Phi) is 5.49. The van der Waals surface area contributed by atoms with Crippen molar-refractivity contribution in [1.82, 2.24) is 24.8 Å². The molecule has 8 heteroatoms. The van der Waals surface area contributed by atoms with Crippen molar-refractivity contribution in [3.05, 3.63) is 40.9 Å². The summed E-state index contributed by atoms with van der Waals surface area (Å²) in [5.41, 5.74) is 3.15. The van der Waals surface area contributed by atoms with Crippen LogP contribution in [0, 0.1) is 19.8 Å². The Labute approximate surface area is 176 Å². The molecule has 0 N–H and O–H groups in total. The van der Waals surface area contributed by atoms with Crippen LogP contribution in [0.15, 0.2) is 12.4 Å². The highest BCUT2D eigenvalue weighted by Crippen LogP contribution is 2.32. The van der Waals surface area contributed by atoms with Crippen molar-refractivity contribution in [2.75, 3.05) is 24.5 Å². The third kappa shape index (κ3) is 3.91. The Morgan fingerprint density at radius 1 is 1.17 bits per heavy atom. The predicted molar refractivity (Wildman–Crippen MR) is 112 cm³/mol. The maximum Gasteiger partial charge on any atom is 0.274 e. The quantitative estimate of drug-likeness (QED) is 0.772. The Hall–Kier alpha value is -2.90. The maximum atomic E-state index is 12.8. The molecule has 8 nitrogen and oxygen atoms in total. The first-order valence-electron chi connectivity index (χ1n) is 10.6. The van der Waals surface area contributed by atoms with Gasteiger partial charge in [0, 0.05) is 49.4 Å². The van der Waals surface area contributed by atoms with Gasteiger partial charge in [-0.1, -0.05) is 13.8 Å². The molecular formula is C22H28N6O2. The van der Waals surface area contributed by atoms with Crippen molar-refractivity contribution < 1.29 is 9.59 Å². The summed E-state index contributed by atoms with van der Waals surface area (Å²) >= 11 is 0. The Balaban J connectivity index is 1.57. The van der Waals surface area contributed by atoms with Crippen LogP contribution in [0.1, 0.15) is 65.9 Å². The summed E-state index contributed by atoms with van der Waals surface area (Å²) < 4.78 is 0. The number of aromatic nitrogens is 4. The van der Waals surface area contributed by atoms with E-state index in [9.17, 15) is 9.59 Å². The Morgan fingerprint density at radius 3 is 2.67 bits per heavy atom. The van der Waals surface area contributed by atoms with E-state index in [1.54, 1.807) is 11.1 Å². The van der Waals surface area contributed by atoms with E-state index >= 15 is 0 Å². The summed E-state index contributed by atoms with van der Waals surface area (Å²) in [6, 6.07) is 0. The molecule has 0 radical (unpaired) electrons. The van der Waals surface area contributed by atoms with Gasteiger partial charge in [0.25, 0.3) is 5.91 Å². The third-order valence-electron chi connectivity index (χ3n) is 5.74. The van der Waals surface area contributed by atoms with Gasteiger partial charge in [-0.05, 0) is 32.6 Å². The number of carbonyl (C=O) groups excluding carboxylic acids is 2. The first-order chi connectivity index (χ1) is 14.3. The molecule has 0 spiro atoms. The van der Waals surface area contributed by atoms with Gasteiger partial charge >= 0.3 is 0 Å². The summed E-state index contributed by atoms with van der Waals surface area (Å²) in [5, 5.41) is 0. The van der Waals surface area contributed by atoms with E-state index in [0.717, 1.165) is 35.0 Å². The zero-order chi connectivity index (χ0) is 21.4. The van der Waals surface area contributed by atoms with Crippen molar-refractivity contribution in [1.29, 1.82) is 0 Å². The molecule has 158 valence electrons. The van der Waals surface area contributed by atoms with Crippen LogP contribution >= 0.6 is 0 Å². The molecule has 1 atom stereocenters. The van der Waals surface area contributed by atoms with E-state index < -0.39 is 0 Å². The summed E-state index contributed by atoms with van der Waals surface area (Å²) in [6.45, 7) is 9.88. The summed E-state index contributed by atoms with van der Waals surface area (Å²) in [6.07, 6.45) is 5.13. The number of rotatable bonds is 4. The molecule has 2 aromatic heterocycles. The molecule has 2 aliphatic heterocycles. The van der Waals surface area contributed by atoms with Crippen LogP contribution < -0.4 is 4.90 Å². The highest BCUT2D eigenvalue weighted by Gasteiger charge is 2.33. The maximum absolute atomic E-state index is 12.8. The predicted octanol–water partition coefficient (Wildman–Crippen LogP) is 2.45. The molecule has 4 rings (SSSR count). The first-order valence-corrected chi connectivity index (χ1v) is 10.6.